The summed E-state index contributed by atoms with van der Waals surface area (Å²) in [6, 6.07) is 0. The molecule has 0 aliphatic carbocycles. The molecule has 2 nitrogen and oxygen atoms in total. The average Bonchev–Trinajstić information content (AvgIpc) is 2.10. The van der Waals surface area contributed by atoms with Gasteiger partial charge in [0.05, 0.1) is 0 Å². The zero-order valence-electron chi connectivity index (χ0n) is 9.40. The summed E-state index contributed by atoms with van der Waals surface area (Å²) in [4.78, 5) is 2.66. The van der Waals surface area contributed by atoms with E-state index < -0.39 is 0 Å². The third-order valence-corrected chi connectivity index (χ3v) is 3.11. The monoisotopic (exact) mass is 184 g/mol. The van der Waals surface area contributed by atoms with Gasteiger partial charge in [-0.1, -0.05) is 20.3 Å². The van der Waals surface area contributed by atoms with Gasteiger partial charge in [-0.15, -0.1) is 0 Å². The highest BCUT2D eigenvalue weighted by molar-refractivity contribution is 4.91. The first-order valence-electron chi connectivity index (χ1n) is 5.68. The van der Waals surface area contributed by atoms with Crippen molar-refractivity contribution in [3.05, 3.63) is 0 Å². The maximum atomic E-state index is 3.51. The van der Waals surface area contributed by atoms with Gasteiger partial charge in [0.2, 0.25) is 0 Å². The maximum Gasteiger partial charge on any atom is 0.0306 e. The van der Waals surface area contributed by atoms with E-state index in [2.05, 4.69) is 31.0 Å². The van der Waals surface area contributed by atoms with Crippen LogP contribution in [0.1, 0.15) is 40.0 Å². The molecule has 0 spiro atoms. The minimum Gasteiger partial charge on any atom is -0.314 e. The molecule has 1 heterocycles. The van der Waals surface area contributed by atoms with Crippen LogP contribution in [-0.2, 0) is 0 Å². The molecule has 0 saturated carbocycles. The minimum atomic E-state index is 0.420. The highest BCUT2D eigenvalue weighted by Gasteiger charge is 2.32. The summed E-state index contributed by atoms with van der Waals surface area (Å²) in [7, 11) is 0. The normalized spacial score (nSPS) is 30.7. The zero-order valence-corrected chi connectivity index (χ0v) is 9.40. The van der Waals surface area contributed by atoms with Gasteiger partial charge in [0, 0.05) is 25.2 Å². The number of rotatable bonds is 4. The quantitative estimate of drug-likeness (QED) is 0.717. The third-order valence-electron chi connectivity index (χ3n) is 3.11. The molecule has 0 bridgehead atoms. The van der Waals surface area contributed by atoms with Gasteiger partial charge < -0.3 is 5.32 Å². The van der Waals surface area contributed by atoms with Gasteiger partial charge in [-0.3, -0.25) is 4.90 Å². The Kier molecular flexibility index (Phi) is 4.20. The van der Waals surface area contributed by atoms with Crippen molar-refractivity contribution >= 4 is 0 Å². The van der Waals surface area contributed by atoms with E-state index in [1.165, 1.54) is 45.4 Å². The largest absolute Gasteiger partial charge is 0.314 e. The first kappa shape index (κ1) is 11.0. The first-order valence-corrected chi connectivity index (χ1v) is 5.68. The van der Waals surface area contributed by atoms with Gasteiger partial charge in [-0.25, -0.2) is 0 Å². The van der Waals surface area contributed by atoms with Crippen LogP contribution in [0.5, 0.6) is 0 Å². The molecule has 1 unspecified atom stereocenters. The highest BCUT2D eigenvalue weighted by Crippen LogP contribution is 2.22. The Morgan fingerprint density at radius 1 is 1.31 bits per heavy atom. The molecule has 1 aliphatic rings. The van der Waals surface area contributed by atoms with Crippen molar-refractivity contribution in [2.45, 2.75) is 45.6 Å². The fourth-order valence-corrected chi connectivity index (χ4v) is 2.39. The lowest BCUT2D eigenvalue weighted by Gasteiger charge is -2.45. The van der Waals surface area contributed by atoms with Crippen molar-refractivity contribution in [1.82, 2.24) is 10.2 Å². The van der Waals surface area contributed by atoms with Gasteiger partial charge in [-0.2, -0.15) is 0 Å². The summed E-state index contributed by atoms with van der Waals surface area (Å²) < 4.78 is 0. The molecule has 1 saturated heterocycles. The van der Waals surface area contributed by atoms with Crippen LogP contribution >= 0.6 is 0 Å². The van der Waals surface area contributed by atoms with Gasteiger partial charge in [-0.05, 0) is 26.3 Å². The van der Waals surface area contributed by atoms with Crippen LogP contribution in [0.2, 0.25) is 0 Å². The molecular formula is C11H24N2. The number of nitrogens with zero attached hydrogens (tertiary/aromatic N) is 1. The van der Waals surface area contributed by atoms with E-state index in [1.807, 2.05) is 0 Å². The molecule has 0 aromatic rings. The summed E-state index contributed by atoms with van der Waals surface area (Å²) >= 11 is 0. The molecule has 78 valence electrons. The van der Waals surface area contributed by atoms with E-state index in [9.17, 15) is 0 Å². The van der Waals surface area contributed by atoms with Gasteiger partial charge in [0.1, 0.15) is 0 Å². The van der Waals surface area contributed by atoms with Gasteiger partial charge >= 0.3 is 0 Å². The minimum absolute atomic E-state index is 0.420. The molecule has 2 heteroatoms. The van der Waals surface area contributed by atoms with Crippen molar-refractivity contribution in [2.24, 2.45) is 0 Å². The predicted octanol–water partition coefficient (Wildman–Crippen LogP) is 1.86. The molecule has 0 amide bonds. The lowest BCUT2D eigenvalue weighted by Crippen LogP contribution is -2.59. The van der Waals surface area contributed by atoms with Crippen molar-refractivity contribution in [3.8, 4) is 0 Å². The second-order valence-electron chi connectivity index (χ2n) is 4.41. The third kappa shape index (κ3) is 2.68. The van der Waals surface area contributed by atoms with Crippen LogP contribution in [0.25, 0.3) is 0 Å². The molecule has 1 aliphatic heterocycles. The molecule has 1 fully saturated rings. The van der Waals surface area contributed by atoms with Crippen LogP contribution in [0.3, 0.4) is 0 Å². The van der Waals surface area contributed by atoms with Crippen LogP contribution < -0.4 is 5.32 Å². The fraction of sp³-hybridized carbons (Fsp3) is 1.00. The van der Waals surface area contributed by atoms with Crippen LogP contribution in [0, 0.1) is 0 Å². The Morgan fingerprint density at radius 2 is 2.08 bits per heavy atom. The second-order valence-corrected chi connectivity index (χ2v) is 4.41. The van der Waals surface area contributed by atoms with E-state index in [4.69, 9.17) is 0 Å². The number of hydrogen-bond donors (Lipinski definition) is 1. The molecule has 1 N–H and O–H groups in total. The fourth-order valence-electron chi connectivity index (χ4n) is 2.39. The zero-order chi connectivity index (χ0) is 9.73. The summed E-state index contributed by atoms with van der Waals surface area (Å²) in [6.45, 7) is 11.8. The van der Waals surface area contributed by atoms with Gasteiger partial charge in [0.25, 0.3) is 0 Å². The Morgan fingerprint density at radius 3 is 2.69 bits per heavy atom. The molecule has 0 aromatic carbocycles. The Hall–Kier alpha value is -0.0800. The Bertz CT molecular complexity index is 141. The summed E-state index contributed by atoms with van der Waals surface area (Å²) in [6.07, 6.45) is 3.89. The molecule has 1 atom stereocenters. The van der Waals surface area contributed by atoms with Crippen molar-refractivity contribution in [3.63, 3.8) is 0 Å². The maximum absolute atomic E-state index is 3.51. The van der Waals surface area contributed by atoms with Crippen LogP contribution in [-0.4, -0.2) is 36.6 Å². The second kappa shape index (κ2) is 4.97. The number of hydrogen-bond acceptors (Lipinski definition) is 2. The van der Waals surface area contributed by atoms with E-state index in [0.29, 0.717) is 5.54 Å². The van der Waals surface area contributed by atoms with Gasteiger partial charge in [0.15, 0.2) is 0 Å². The number of nitrogens with one attached hydrogen (secondary N) is 1. The summed E-state index contributed by atoms with van der Waals surface area (Å²) in [5.74, 6) is 0. The lowest BCUT2D eigenvalue weighted by molar-refractivity contribution is 0.0668. The van der Waals surface area contributed by atoms with Crippen LogP contribution in [0.15, 0.2) is 0 Å². The summed E-state index contributed by atoms with van der Waals surface area (Å²) in [5, 5.41) is 3.51. The highest BCUT2D eigenvalue weighted by atomic mass is 15.2. The smallest absolute Gasteiger partial charge is 0.0306 e. The Labute approximate surface area is 82.7 Å². The van der Waals surface area contributed by atoms with Crippen molar-refractivity contribution in [1.29, 1.82) is 0 Å². The molecular weight excluding hydrogens is 160 g/mol. The first-order chi connectivity index (χ1) is 6.23. The molecule has 13 heavy (non-hydrogen) atoms. The number of piperazine rings is 1. The van der Waals surface area contributed by atoms with E-state index >= 15 is 0 Å². The van der Waals surface area contributed by atoms with Crippen molar-refractivity contribution in [2.75, 3.05) is 26.2 Å². The lowest BCUT2D eigenvalue weighted by atomic mass is 9.91. The van der Waals surface area contributed by atoms with E-state index in [0.717, 1.165) is 0 Å². The standard InChI is InChI=1S/C11H24N2/c1-4-6-11(3)10-12-7-9-13(11)8-5-2/h12H,4-10H2,1-3H3. The molecule has 1 rings (SSSR count). The topological polar surface area (TPSA) is 15.3 Å². The average molecular weight is 184 g/mol. The van der Waals surface area contributed by atoms with Crippen molar-refractivity contribution < 1.29 is 0 Å². The molecule has 0 radical (unpaired) electrons. The molecule has 0 aromatic heterocycles. The SMILES string of the molecule is CCCN1CCNCC1(C)CCC. The van der Waals surface area contributed by atoms with E-state index in [1.54, 1.807) is 0 Å². The Balaban J connectivity index is 2.54. The summed E-state index contributed by atoms with van der Waals surface area (Å²) in [5.41, 5.74) is 0.420. The van der Waals surface area contributed by atoms with Crippen LogP contribution in [0.4, 0.5) is 0 Å². The predicted molar refractivity (Wildman–Crippen MR) is 58.0 cm³/mol. The van der Waals surface area contributed by atoms with E-state index in [-0.39, 0.29) is 0 Å².